The van der Waals surface area contributed by atoms with Crippen molar-refractivity contribution in [3.8, 4) is 11.1 Å². The molecule has 26 heavy (non-hydrogen) atoms. The van der Waals surface area contributed by atoms with Crippen LogP contribution < -0.4 is 3.87 Å². The van der Waals surface area contributed by atoms with Gasteiger partial charge in [-0.25, -0.2) is 0 Å². The van der Waals surface area contributed by atoms with Gasteiger partial charge in [-0.05, 0) is 0 Å². The maximum atomic E-state index is 2.49. The Morgan fingerprint density at radius 1 is 0.846 bits per heavy atom. The van der Waals surface area contributed by atoms with Crippen molar-refractivity contribution in [2.45, 2.75) is 10.6 Å². The van der Waals surface area contributed by atoms with E-state index >= 15 is 0 Å². The van der Waals surface area contributed by atoms with Crippen LogP contribution >= 0.6 is 7.92 Å². The predicted octanol–water partition coefficient (Wildman–Crippen LogP) is 5.80. The minimum absolute atomic E-state index is 0.0436. The third-order valence-electron chi connectivity index (χ3n) is 5.57. The Bertz CT molecular complexity index is 1030. The second kappa shape index (κ2) is 6.61. The van der Waals surface area contributed by atoms with Crippen molar-refractivity contribution in [2.75, 3.05) is 13.3 Å². The first-order valence-corrected chi connectivity index (χ1v) is 13.1. The average Bonchev–Trinajstić information content (AvgIpc) is 3.21. The molecule has 5 rings (SSSR count). The van der Waals surface area contributed by atoms with Crippen LogP contribution in [0.3, 0.4) is 0 Å². The molecule has 0 saturated heterocycles. The Hall–Kier alpha value is -1.46. The number of benzene rings is 3. The number of rotatable bonds is 3. The Morgan fingerprint density at radius 3 is 2.50 bits per heavy atom. The van der Waals surface area contributed by atoms with Gasteiger partial charge in [0.25, 0.3) is 0 Å². The summed E-state index contributed by atoms with van der Waals surface area (Å²) in [5, 5.41) is 1.70. The monoisotopic (exact) mass is 388 g/mol. The molecule has 2 aliphatic carbocycles. The summed E-state index contributed by atoms with van der Waals surface area (Å²) in [6.45, 7) is 4.83. The van der Waals surface area contributed by atoms with E-state index in [2.05, 4.69) is 86.1 Å². The minimum atomic E-state index is -0.268. The molecule has 0 aromatic heterocycles. The molecule has 0 heterocycles. The summed E-state index contributed by atoms with van der Waals surface area (Å²) in [6, 6.07) is 25.0. The molecule has 0 spiro atoms. The van der Waals surface area contributed by atoms with Crippen molar-refractivity contribution in [3.05, 3.63) is 94.3 Å². The Kier molecular flexibility index (Phi) is 4.25. The van der Waals surface area contributed by atoms with Crippen molar-refractivity contribution in [1.29, 1.82) is 0 Å². The van der Waals surface area contributed by atoms with Gasteiger partial charge >= 0.3 is 166 Å². The van der Waals surface area contributed by atoms with Crippen LogP contribution in [0, 0.1) is 0 Å². The number of hydrogen-bond donors (Lipinski definition) is 0. The summed E-state index contributed by atoms with van der Waals surface area (Å²) < 4.78 is 2.32. The van der Waals surface area contributed by atoms with Crippen molar-refractivity contribution >= 4 is 17.9 Å². The molecule has 2 heteroatoms. The summed E-state index contributed by atoms with van der Waals surface area (Å²) in [5.74, 6) is 0. The summed E-state index contributed by atoms with van der Waals surface area (Å²) in [7, 11) is -0.0436. The van der Waals surface area contributed by atoms with Crippen molar-refractivity contribution in [2.24, 2.45) is 0 Å². The SMILES string of the molecule is CP(C)C1=Cc2ccccc2[CH]1[Ti][c]1cccc2c1Cc1ccccc1-2. The average molecular weight is 388 g/mol. The van der Waals surface area contributed by atoms with E-state index < -0.39 is 0 Å². The van der Waals surface area contributed by atoms with Gasteiger partial charge in [0.1, 0.15) is 0 Å². The molecule has 1 unspecified atom stereocenters. The normalized spacial score (nSPS) is 16.9. The molecule has 0 radical (unpaired) electrons. The van der Waals surface area contributed by atoms with Crippen LogP contribution in [-0.4, -0.2) is 13.3 Å². The molecule has 0 bridgehead atoms. The van der Waals surface area contributed by atoms with Gasteiger partial charge in [0.05, 0.1) is 0 Å². The van der Waals surface area contributed by atoms with Gasteiger partial charge in [-0.2, -0.15) is 0 Å². The third kappa shape index (κ3) is 2.68. The van der Waals surface area contributed by atoms with Crippen LogP contribution in [0.25, 0.3) is 17.2 Å². The van der Waals surface area contributed by atoms with Crippen LogP contribution in [0.2, 0.25) is 0 Å². The summed E-state index contributed by atoms with van der Waals surface area (Å²) >= 11 is -0.268. The molecule has 2 aliphatic rings. The van der Waals surface area contributed by atoms with Crippen LogP contribution in [0.1, 0.15) is 26.5 Å². The van der Waals surface area contributed by atoms with E-state index in [0.29, 0.717) is 4.22 Å². The van der Waals surface area contributed by atoms with E-state index in [1.165, 1.54) is 22.3 Å². The van der Waals surface area contributed by atoms with Crippen LogP contribution in [0.5, 0.6) is 0 Å². The van der Waals surface area contributed by atoms with E-state index in [0.717, 1.165) is 6.42 Å². The topological polar surface area (TPSA) is 0 Å². The molecule has 1 atom stereocenters. The zero-order valence-corrected chi connectivity index (χ0v) is 17.6. The number of fused-ring (bicyclic) bond motifs is 4. The van der Waals surface area contributed by atoms with Crippen LogP contribution in [0.4, 0.5) is 0 Å². The first-order valence-electron chi connectivity index (χ1n) is 9.17. The van der Waals surface area contributed by atoms with Gasteiger partial charge < -0.3 is 0 Å². The van der Waals surface area contributed by atoms with Crippen molar-refractivity contribution in [3.63, 3.8) is 0 Å². The van der Waals surface area contributed by atoms with Gasteiger partial charge in [0.2, 0.25) is 0 Å². The van der Waals surface area contributed by atoms with Gasteiger partial charge in [0, 0.05) is 0 Å². The molecule has 0 saturated carbocycles. The molecular weight excluding hydrogens is 367 g/mol. The van der Waals surface area contributed by atoms with E-state index in [-0.39, 0.29) is 27.1 Å². The van der Waals surface area contributed by atoms with E-state index in [4.69, 9.17) is 0 Å². The van der Waals surface area contributed by atoms with Gasteiger partial charge in [-0.3, -0.25) is 0 Å². The number of allylic oxidation sites excluding steroid dienone is 1. The van der Waals surface area contributed by atoms with Crippen molar-refractivity contribution in [1.82, 2.24) is 0 Å². The molecule has 3 aromatic rings. The van der Waals surface area contributed by atoms with E-state index in [9.17, 15) is 0 Å². The van der Waals surface area contributed by atoms with Gasteiger partial charge in [0.15, 0.2) is 0 Å². The molecule has 0 nitrogen and oxygen atoms in total. The van der Waals surface area contributed by atoms with Gasteiger partial charge in [-0.1, -0.05) is 0 Å². The quantitative estimate of drug-likeness (QED) is 0.307. The second-order valence-electron chi connectivity index (χ2n) is 7.34. The molecule has 0 N–H and O–H groups in total. The first kappa shape index (κ1) is 16.7. The standard InChI is InChI=1S/C13H9.C11H12P.Ti/c1-3-7-12-10(5-1)9-11-6-2-4-8-13(11)12;1-12(2)11-7-9-5-3-4-6-10(9)8-11;/h1-5,7-8H,9H2;3-8H,1-2H3;. The summed E-state index contributed by atoms with van der Waals surface area (Å²) in [6.07, 6.45) is 3.61. The Morgan fingerprint density at radius 2 is 1.62 bits per heavy atom. The van der Waals surface area contributed by atoms with E-state index in [1.54, 1.807) is 20.3 Å². The fraction of sp³-hybridized carbons (Fsp3) is 0.167. The Labute approximate surface area is 166 Å². The molecular formula is C24H21PTi. The zero-order chi connectivity index (χ0) is 17.7. The molecule has 3 aromatic carbocycles. The van der Waals surface area contributed by atoms with Crippen molar-refractivity contribution < 1.29 is 19.2 Å². The van der Waals surface area contributed by atoms with E-state index in [1.807, 2.05) is 0 Å². The van der Waals surface area contributed by atoms with Crippen LogP contribution in [0.15, 0.2) is 72.0 Å². The maximum absolute atomic E-state index is 2.49. The summed E-state index contributed by atoms with van der Waals surface area (Å²) in [5.41, 5.74) is 9.07. The molecule has 126 valence electrons. The predicted molar refractivity (Wildman–Crippen MR) is 110 cm³/mol. The fourth-order valence-corrected chi connectivity index (χ4v) is 9.24. The molecule has 0 aliphatic heterocycles. The van der Waals surface area contributed by atoms with Crippen LogP contribution in [-0.2, 0) is 25.6 Å². The summed E-state index contributed by atoms with van der Waals surface area (Å²) in [4.78, 5) is 0. The zero-order valence-electron chi connectivity index (χ0n) is 15.2. The Balaban J connectivity index is 1.56. The fourth-order valence-electron chi connectivity index (χ4n) is 4.29. The second-order valence-corrected chi connectivity index (χ2v) is 11.8. The number of hydrogen-bond acceptors (Lipinski definition) is 0. The first-order chi connectivity index (χ1) is 12.7. The third-order valence-corrected chi connectivity index (χ3v) is 10.0. The molecule has 0 fully saturated rings. The molecule has 0 amide bonds. The van der Waals surface area contributed by atoms with Gasteiger partial charge in [-0.15, -0.1) is 0 Å².